The maximum absolute atomic E-state index is 5.50. The molecule has 46 heavy (non-hydrogen) atoms. The van der Waals surface area contributed by atoms with E-state index in [-0.39, 0.29) is 0 Å². The molecule has 1 aliphatic heterocycles. The molecule has 2 N–H and O–H groups in total. The van der Waals surface area contributed by atoms with E-state index in [4.69, 9.17) is 4.98 Å². The first-order valence-corrected chi connectivity index (χ1v) is 15.6. The third kappa shape index (κ3) is 4.77. The summed E-state index contributed by atoms with van der Waals surface area (Å²) in [6.07, 6.45) is 0. The van der Waals surface area contributed by atoms with Crippen LogP contribution in [0.2, 0.25) is 0 Å². The van der Waals surface area contributed by atoms with E-state index in [2.05, 4.69) is 197 Å². The Morgan fingerprint density at radius 1 is 0.391 bits per heavy atom. The van der Waals surface area contributed by atoms with E-state index >= 15 is 0 Å². The van der Waals surface area contributed by atoms with E-state index in [9.17, 15) is 0 Å². The van der Waals surface area contributed by atoms with Gasteiger partial charge in [-0.1, -0.05) is 182 Å². The zero-order valence-corrected chi connectivity index (χ0v) is 25.2. The Bertz CT molecular complexity index is 2050. The minimum Gasteiger partial charge on any atom is -0.339 e. The number of imidazole rings is 1. The highest BCUT2D eigenvalue weighted by molar-refractivity contribution is 5.93. The monoisotopic (exact) mass is 592 g/mol. The van der Waals surface area contributed by atoms with Crippen LogP contribution in [0.5, 0.6) is 0 Å². The van der Waals surface area contributed by atoms with Crippen LogP contribution in [-0.2, 0) is 5.79 Å². The maximum Gasteiger partial charge on any atom is 0.220 e. The number of aromatic nitrogens is 2. The summed E-state index contributed by atoms with van der Waals surface area (Å²) in [5, 5.41) is 8.16. The van der Waals surface area contributed by atoms with Crippen LogP contribution in [0.25, 0.3) is 45.3 Å². The molecule has 6 aromatic carbocycles. The van der Waals surface area contributed by atoms with Crippen molar-refractivity contribution < 1.29 is 0 Å². The van der Waals surface area contributed by atoms with Crippen LogP contribution in [0.3, 0.4) is 0 Å². The number of benzene rings is 6. The van der Waals surface area contributed by atoms with E-state index < -0.39 is 5.79 Å². The van der Waals surface area contributed by atoms with Gasteiger partial charge in [-0.25, -0.2) is 4.98 Å². The summed E-state index contributed by atoms with van der Waals surface area (Å²) in [6.45, 7) is 0. The Kier molecular flexibility index (Phi) is 7.01. The summed E-state index contributed by atoms with van der Waals surface area (Å²) in [4.78, 5) is 5.50. The van der Waals surface area contributed by atoms with Gasteiger partial charge in [0.25, 0.3) is 0 Å². The molecule has 1 aromatic heterocycles. The lowest BCUT2D eigenvalue weighted by Crippen LogP contribution is -2.53. The molecule has 0 radical (unpaired) electrons. The minimum atomic E-state index is -0.950. The highest BCUT2D eigenvalue weighted by Gasteiger charge is 2.46. The zero-order chi connectivity index (χ0) is 30.8. The lowest BCUT2D eigenvalue weighted by atomic mass is 10.0. The highest BCUT2D eigenvalue weighted by atomic mass is 15.4. The van der Waals surface area contributed by atoms with Gasteiger partial charge < -0.3 is 10.6 Å². The molecule has 0 aliphatic carbocycles. The first kappa shape index (κ1) is 27.4. The van der Waals surface area contributed by atoms with Gasteiger partial charge in [-0.15, -0.1) is 0 Å². The topological polar surface area (TPSA) is 41.9 Å². The third-order valence-electron chi connectivity index (χ3n) is 8.52. The fourth-order valence-electron chi connectivity index (χ4n) is 6.41. The largest absolute Gasteiger partial charge is 0.339 e. The number of nitrogens with one attached hydrogen (secondary N) is 2. The van der Waals surface area contributed by atoms with Crippen molar-refractivity contribution in [1.82, 2.24) is 20.2 Å². The fraction of sp³-hybridized carbons (Fsp3) is 0.0238. The zero-order valence-electron chi connectivity index (χ0n) is 25.2. The summed E-state index contributed by atoms with van der Waals surface area (Å²) in [5.74, 6) is -0.0996. The van der Waals surface area contributed by atoms with Crippen molar-refractivity contribution in [3.63, 3.8) is 0 Å². The Balaban J connectivity index is 1.49. The molecular formula is C42H32N4. The van der Waals surface area contributed by atoms with Gasteiger partial charge in [0.05, 0.1) is 22.8 Å². The van der Waals surface area contributed by atoms with Crippen LogP contribution < -0.4 is 10.6 Å². The van der Waals surface area contributed by atoms with Gasteiger partial charge in [0.15, 0.2) is 0 Å². The standard InChI is InChI=1S/C42H32N4/c1-7-19-31(20-8-1)37-38(32-21-9-2-10-22-32)45-42(44-37,36-29-17-6-18-30-36)46-40(34-25-13-4-14-26-34)39(33-23-11-3-12-24-33)43-41(46)35-27-15-5-16-28-35/h1-30,44-45H. The Morgan fingerprint density at radius 3 is 1.22 bits per heavy atom. The first-order chi connectivity index (χ1) is 22.8. The number of hydrogen-bond acceptors (Lipinski definition) is 3. The smallest absolute Gasteiger partial charge is 0.220 e. The van der Waals surface area contributed by atoms with Gasteiger partial charge >= 0.3 is 0 Å². The van der Waals surface area contributed by atoms with E-state index in [0.29, 0.717) is 0 Å². The third-order valence-corrected chi connectivity index (χ3v) is 8.52. The van der Waals surface area contributed by atoms with Crippen LogP contribution in [-0.4, -0.2) is 9.55 Å². The van der Waals surface area contributed by atoms with Gasteiger partial charge in [0.2, 0.25) is 5.79 Å². The lowest BCUT2D eigenvalue weighted by Gasteiger charge is -2.37. The summed E-state index contributed by atoms with van der Waals surface area (Å²) >= 11 is 0. The van der Waals surface area contributed by atoms with Crippen LogP contribution in [0, 0.1) is 0 Å². The SMILES string of the molecule is c1ccc(C2=C(c3ccccc3)NC(c3ccccc3)(n3c(-c4ccccc4)nc(-c4ccccc4)c3-c3ccccc3)N2)cc1. The Morgan fingerprint density at radius 2 is 0.761 bits per heavy atom. The predicted octanol–water partition coefficient (Wildman–Crippen LogP) is 9.26. The Hall–Kier alpha value is -6.13. The van der Waals surface area contributed by atoms with E-state index in [1.807, 2.05) is 0 Å². The van der Waals surface area contributed by atoms with Crippen molar-refractivity contribution in [3.8, 4) is 33.9 Å². The molecule has 1 aliphatic rings. The summed E-state index contributed by atoms with van der Waals surface area (Å²) in [7, 11) is 0. The lowest BCUT2D eigenvalue weighted by molar-refractivity contribution is 0.306. The second-order valence-corrected chi connectivity index (χ2v) is 11.4. The fourth-order valence-corrected chi connectivity index (χ4v) is 6.41. The average Bonchev–Trinajstić information content (AvgIpc) is 3.75. The number of hydrogen-bond donors (Lipinski definition) is 2. The quantitative estimate of drug-likeness (QED) is 0.194. The first-order valence-electron chi connectivity index (χ1n) is 15.6. The molecule has 0 saturated heterocycles. The van der Waals surface area contributed by atoms with Crippen molar-refractivity contribution in [2.75, 3.05) is 0 Å². The van der Waals surface area contributed by atoms with Crippen molar-refractivity contribution in [1.29, 1.82) is 0 Å². The average molecular weight is 593 g/mol. The molecule has 4 heteroatoms. The molecule has 0 amide bonds. The van der Waals surface area contributed by atoms with E-state index in [1.54, 1.807) is 0 Å². The van der Waals surface area contributed by atoms with Gasteiger partial charge in [0.1, 0.15) is 5.82 Å². The molecule has 7 aromatic rings. The molecule has 0 fully saturated rings. The maximum atomic E-state index is 5.50. The van der Waals surface area contributed by atoms with Crippen molar-refractivity contribution in [2.45, 2.75) is 5.79 Å². The molecular weight excluding hydrogens is 560 g/mol. The van der Waals surface area contributed by atoms with Gasteiger partial charge in [-0.2, -0.15) is 0 Å². The van der Waals surface area contributed by atoms with E-state index in [1.165, 1.54) is 0 Å². The molecule has 2 heterocycles. The van der Waals surface area contributed by atoms with Gasteiger partial charge in [0, 0.05) is 22.3 Å². The second-order valence-electron chi connectivity index (χ2n) is 11.4. The molecule has 0 bridgehead atoms. The summed E-state index contributed by atoms with van der Waals surface area (Å²) in [6, 6.07) is 63.3. The van der Waals surface area contributed by atoms with E-state index in [0.717, 1.165) is 62.0 Å². The molecule has 220 valence electrons. The van der Waals surface area contributed by atoms with Crippen molar-refractivity contribution in [2.24, 2.45) is 0 Å². The summed E-state index contributed by atoms with van der Waals surface area (Å²) in [5.41, 5.74) is 10.4. The predicted molar refractivity (Wildman–Crippen MR) is 188 cm³/mol. The number of nitrogens with zero attached hydrogens (tertiary/aromatic N) is 2. The minimum absolute atomic E-state index is 0.851. The molecule has 4 nitrogen and oxygen atoms in total. The van der Waals surface area contributed by atoms with Crippen LogP contribution in [0.4, 0.5) is 0 Å². The summed E-state index contributed by atoms with van der Waals surface area (Å²) < 4.78 is 2.37. The Labute approximate surface area is 269 Å². The van der Waals surface area contributed by atoms with Crippen LogP contribution in [0.1, 0.15) is 16.7 Å². The van der Waals surface area contributed by atoms with Crippen LogP contribution in [0.15, 0.2) is 182 Å². The normalized spacial score (nSPS) is 13.7. The van der Waals surface area contributed by atoms with Gasteiger partial charge in [-0.3, -0.25) is 4.57 Å². The van der Waals surface area contributed by atoms with Crippen LogP contribution >= 0.6 is 0 Å². The number of rotatable bonds is 7. The van der Waals surface area contributed by atoms with Gasteiger partial charge in [-0.05, 0) is 11.1 Å². The molecule has 0 spiro atoms. The molecule has 0 saturated carbocycles. The second kappa shape index (κ2) is 11.8. The molecule has 0 unspecified atom stereocenters. The molecule has 0 atom stereocenters. The molecule has 8 rings (SSSR count). The highest BCUT2D eigenvalue weighted by Crippen LogP contribution is 2.45. The van der Waals surface area contributed by atoms with Crippen molar-refractivity contribution >= 4 is 11.4 Å². The van der Waals surface area contributed by atoms with Crippen molar-refractivity contribution in [3.05, 3.63) is 199 Å².